The second-order valence-corrected chi connectivity index (χ2v) is 4.43. The van der Waals surface area contributed by atoms with E-state index in [9.17, 15) is 0 Å². The maximum Gasteiger partial charge on any atom is -0.00691 e. The van der Waals surface area contributed by atoms with Crippen molar-refractivity contribution in [2.45, 2.75) is 26.2 Å². The molecular weight excluding hydrogens is 204 g/mol. The van der Waals surface area contributed by atoms with E-state index >= 15 is 0 Å². The highest BCUT2D eigenvalue weighted by Gasteiger charge is 2.11. The Kier molecular flexibility index (Phi) is 9.40. The van der Waals surface area contributed by atoms with E-state index in [1.807, 2.05) is 0 Å². The monoisotopic (exact) mass is 224 g/mol. The van der Waals surface area contributed by atoms with Gasteiger partial charge in [0.2, 0.25) is 0 Å². The third-order valence-corrected chi connectivity index (χ3v) is 3.59. The smallest absolute Gasteiger partial charge is 0.00691 e. The average Bonchev–Trinajstić information content (AvgIpc) is 2.12. The lowest BCUT2D eigenvalue weighted by Crippen LogP contribution is -2.11. The standard InChI is InChI=1S/C9H20S3/c1-2-8(6-11)5-9(7-12)3-4-10/h8-12H,2-7H2,1H3. The molecule has 0 aliphatic heterocycles. The minimum absolute atomic E-state index is 0.739. The zero-order valence-electron chi connectivity index (χ0n) is 7.74. The summed E-state index contributed by atoms with van der Waals surface area (Å²) >= 11 is 12.9. The summed E-state index contributed by atoms with van der Waals surface area (Å²) in [4.78, 5) is 0. The van der Waals surface area contributed by atoms with Gasteiger partial charge in [-0.2, -0.15) is 37.9 Å². The summed E-state index contributed by atoms with van der Waals surface area (Å²) in [5, 5.41) is 0. The van der Waals surface area contributed by atoms with Gasteiger partial charge in [-0.25, -0.2) is 0 Å². The van der Waals surface area contributed by atoms with Crippen molar-refractivity contribution in [3.8, 4) is 0 Å². The molecule has 0 aliphatic carbocycles. The molecule has 0 heterocycles. The Bertz CT molecular complexity index is 91.8. The molecule has 0 saturated carbocycles. The van der Waals surface area contributed by atoms with Gasteiger partial charge in [0.05, 0.1) is 0 Å². The number of hydrogen-bond acceptors (Lipinski definition) is 3. The molecule has 0 spiro atoms. The molecule has 0 saturated heterocycles. The predicted molar refractivity (Wildman–Crippen MR) is 68.1 cm³/mol. The summed E-state index contributed by atoms with van der Waals surface area (Å²) in [5.41, 5.74) is 0. The van der Waals surface area contributed by atoms with Crippen LogP contribution in [0.2, 0.25) is 0 Å². The molecule has 2 unspecified atom stereocenters. The van der Waals surface area contributed by atoms with Crippen LogP contribution in [0.15, 0.2) is 0 Å². The maximum atomic E-state index is 4.34. The van der Waals surface area contributed by atoms with Crippen LogP contribution in [0, 0.1) is 11.8 Å². The van der Waals surface area contributed by atoms with Crippen molar-refractivity contribution < 1.29 is 0 Å². The Hall–Kier alpha value is 1.05. The van der Waals surface area contributed by atoms with Gasteiger partial charge in [-0.1, -0.05) is 13.3 Å². The van der Waals surface area contributed by atoms with Crippen molar-refractivity contribution in [1.29, 1.82) is 0 Å². The second-order valence-electron chi connectivity index (χ2n) is 3.25. The molecule has 0 bridgehead atoms. The van der Waals surface area contributed by atoms with Gasteiger partial charge >= 0.3 is 0 Å². The summed E-state index contributed by atoms with van der Waals surface area (Å²) in [5.74, 6) is 4.49. The molecule has 74 valence electrons. The van der Waals surface area contributed by atoms with Crippen LogP contribution in [0.25, 0.3) is 0 Å². The molecule has 0 aromatic carbocycles. The highest BCUT2D eigenvalue weighted by atomic mass is 32.1. The summed E-state index contributed by atoms with van der Waals surface area (Å²) in [6.07, 6.45) is 3.70. The van der Waals surface area contributed by atoms with Gasteiger partial charge in [0.15, 0.2) is 0 Å². The normalized spacial score (nSPS) is 16.0. The van der Waals surface area contributed by atoms with Crippen LogP contribution in [0.4, 0.5) is 0 Å². The molecule has 0 rings (SSSR count). The average molecular weight is 224 g/mol. The van der Waals surface area contributed by atoms with Gasteiger partial charge in [0, 0.05) is 0 Å². The molecule has 0 fully saturated rings. The molecule has 0 radical (unpaired) electrons. The Morgan fingerprint density at radius 1 is 1.00 bits per heavy atom. The van der Waals surface area contributed by atoms with Crippen LogP contribution < -0.4 is 0 Å². The fourth-order valence-corrected chi connectivity index (χ4v) is 2.41. The van der Waals surface area contributed by atoms with Gasteiger partial charge in [0.25, 0.3) is 0 Å². The van der Waals surface area contributed by atoms with Crippen molar-refractivity contribution in [2.75, 3.05) is 17.3 Å². The van der Waals surface area contributed by atoms with E-state index in [0.717, 1.165) is 29.1 Å². The third-order valence-electron chi connectivity index (χ3n) is 2.30. The second kappa shape index (κ2) is 8.64. The van der Waals surface area contributed by atoms with Crippen LogP contribution in [0.3, 0.4) is 0 Å². The van der Waals surface area contributed by atoms with Crippen molar-refractivity contribution in [2.24, 2.45) is 11.8 Å². The van der Waals surface area contributed by atoms with E-state index in [2.05, 4.69) is 44.8 Å². The van der Waals surface area contributed by atoms with Crippen LogP contribution >= 0.6 is 37.9 Å². The molecule has 3 heteroatoms. The van der Waals surface area contributed by atoms with Gasteiger partial charge in [0.1, 0.15) is 0 Å². The van der Waals surface area contributed by atoms with E-state index in [1.165, 1.54) is 19.3 Å². The quantitative estimate of drug-likeness (QED) is 0.544. The predicted octanol–water partition coefficient (Wildman–Crippen LogP) is 3.20. The lowest BCUT2D eigenvalue weighted by molar-refractivity contribution is 0.411. The summed E-state index contributed by atoms with van der Waals surface area (Å²) < 4.78 is 0. The minimum atomic E-state index is 0.739. The Morgan fingerprint density at radius 2 is 1.58 bits per heavy atom. The van der Waals surface area contributed by atoms with E-state index in [1.54, 1.807) is 0 Å². The summed E-state index contributed by atoms with van der Waals surface area (Å²) in [7, 11) is 0. The first-order valence-electron chi connectivity index (χ1n) is 4.61. The van der Waals surface area contributed by atoms with Gasteiger partial charge in [-0.3, -0.25) is 0 Å². The lowest BCUT2D eigenvalue weighted by Gasteiger charge is -2.18. The third kappa shape index (κ3) is 5.65. The fraction of sp³-hybridized carbons (Fsp3) is 1.00. The minimum Gasteiger partial charge on any atom is -0.179 e. The van der Waals surface area contributed by atoms with E-state index in [4.69, 9.17) is 0 Å². The highest BCUT2D eigenvalue weighted by Crippen LogP contribution is 2.21. The number of thiol groups is 3. The van der Waals surface area contributed by atoms with Crippen LogP contribution in [-0.4, -0.2) is 17.3 Å². The molecule has 0 N–H and O–H groups in total. The molecule has 0 aliphatic rings. The lowest BCUT2D eigenvalue weighted by atomic mass is 9.93. The molecular formula is C9H20S3. The van der Waals surface area contributed by atoms with Crippen molar-refractivity contribution in [3.05, 3.63) is 0 Å². The first kappa shape index (κ1) is 13.1. The number of hydrogen-bond donors (Lipinski definition) is 3. The number of rotatable bonds is 7. The van der Waals surface area contributed by atoms with Gasteiger partial charge < -0.3 is 0 Å². The van der Waals surface area contributed by atoms with Crippen LogP contribution in [-0.2, 0) is 0 Å². The van der Waals surface area contributed by atoms with E-state index in [0.29, 0.717) is 0 Å². The Labute approximate surface area is 93.1 Å². The SMILES string of the molecule is CCC(CS)CC(CS)CCS. The summed E-state index contributed by atoms with van der Waals surface area (Å²) in [6, 6.07) is 0. The topological polar surface area (TPSA) is 0 Å². The molecule has 0 aromatic rings. The first-order valence-corrected chi connectivity index (χ1v) is 6.50. The first-order chi connectivity index (χ1) is 5.78. The summed E-state index contributed by atoms with van der Waals surface area (Å²) in [6.45, 7) is 2.23. The van der Waals surface area contributed by atoms with Crippen molar-refractivity contribution in [3.63, 3.8) is 0 Å². The van der Waals surface area contributed by atoms with E-state index in [-0.39, 0.29) is 0 Å². The molecule has 12 heavy (non-hydrogen) atoms. The Morgan fingerprint density at radius 3 is 1.92 bits per heavy atom. The molecule has 0 amide bonds. The van der Waals surface area contributed by atoms with Crippen molar-refractivity contribution in [1.82, 2.24) is 0 Å². The zero-order valence-corrected chi connectivity index (χ0v) is 10.4. The fourth-order valence-electron chi connectivity index (χ4n) is 1.31. The van der Waals surface area contributed by atoms with Crippen LogP contribution in [0.1, 0.15) is 26.2 Å². The molecule has 0 nitrogen and oxygen atoms in total. The highest BCUT2D eigenvalue weighted by molar-refractivity contribution is 7.80. The Balaban J connectivity index is 3.65. The van der Waals surface area contributed by atoms with Gasteiger partial charge in [-0.15, -0.1) is 0 Å². The molecule has 0 aromatic heterocycles. The largest absolute Gasteiger partial charge is 0.179 e. The maximum absolute atomic E-state index is 4.34. The van der Waals surface area contributed by atoms with E-state index < -0.39 is 0 Å². The van der Waals surface area contributed by atoms with Crippen molar-refractivity contribution >= 4 is 37.9 Å². The zero-order chi connectivity index (χ0) is 9.40. The van der Waals surface area contributed by atoms with Crippen LogP contribution in [0.5, 0.6) is 0 Å². The van der Waals surface area contributed by atoms with Gasteiger partial charge in [-0.05, 0) is 41.9 Å². The molecule has 2 atom stereocenters.